The molecule has 0 saturated carbocycles. The summed E-state index contributed by atoms with van der Waals surface area (Å²) >= 11 is 0. The molecule has 1 unspecified atom stereocenters. The molecule has 0 aliphatic rings. The number of hydrogen-bond donors (Lipinski definition) is 1. The smallest absolute Gasteiger partial charge is 0.119 e. The van der Waals surface area contributed by atoms with Gasteiger partial charge in [-0.3, -0.25) is 0 Å². The number of ether oxygens (including phenoxy) is 1. The fourth-order valence-corrected chi connectivity index (χ4v) is 2.57. The van der Waals surface area contributed by atoms with Crippen LogP contribution in [0.15, 0.2) is 24.3 Å². The van der Waals surface area contributed by atoms with Crippen molar-refractivity contribution in [3.63, 3.8) is 0 Å². The van der Waals surface area contributed by atoms with E-state index in [4.69, 9.17) is 10.5 Å². The predicted molar refractivity (Wildman–Crippen MR) is 90.8 cm³/mol. The van der Waals surface area contributed by atoms with E-state index in [0.717, 1.165) is 30.9 Å². The van der Waals surface area contributed by atoms with E-state index in [1.54, 1.807) is 7.11 Å². The van der Waals surface area contributed by atoms with Crippen molar-refractivity contribution in [1.82, 2.24) is 4.90 Å². The van der Waals surface area contributed by atoms with Gasteiger partial charge < -0.3 is 15.4 Å². The van der Waals surface area contributed by atoms with Gasteiger partial charge in [-0.05, 0) is 50.6 Å². The van der Waals surface area contributed by atoms with Crippen LogP contribution in [0.1, 0.15) is 52.0 Å². The van der Waals surface area contributed by atoms with Crippen molar-refractivity contribution in [3.8, 4) is 5.75 Å². The molecule has 3 heteroatoms. The minimum Gasteiger partial charge on any atom is -0.497 e. The highest BCUT2D eigenvalue weighted by atomic mass is 16.5. The third kappa shape index (κ3) is 6.06. The van der Waals surface area contributed by atoms with Gasteiger partial charge in [-0.1, -0.05) is 38.8 Å². The second-order valence-electron chi connectivity index (χ2n) is 6.13. The predicted octanol–water partition coefficient (Wildman–Crippen LogP) is 3.77. The van der Waals surface area contributed by atoms with Gasteiger partial charge in [-0.15, -0.1) is 0 Å². The largest absolute Gasteiger partial charge is 0.497 e. The Balaban J connectivity index is 2.77. The Labute approximate surface area is 130 Å². The van der Waals surface area contributed by atoms with Crippen LogP contribution in [0.25, 0.3) is 0 Å². The number of methoxy groups -OCH3 is 1. The highest BCUT2D eigenvalue weighted by Gasteiger charge is 2.24. The molecule has 2 N–H and O–H groups in total. The van der Waals surface area contributed by atoms with E-state index >= 15 is 0 Å². The van der Waals surface area contributed by atoms with Gasteiger partial charge in [-0.2, -0.15) is 0 Å². The molecular weight excluding hydrogens is 260 g/mol. The molecule has 0 heterocycles. The van der Waals surface area contributed by atoms with Crippen molar-refractivity contribution < 1.29 is 4.74 Å². The average molecular weight is 292 g/mol. The molecule has 0 bridgehead atoms. The topological polar surface area (TPSA) is 38.5 Å². The first kappa shape index (κ1) is 18.0. The lowest BCUT2D eigenvalue weighted by atomic mass is 9.92. The molecule has 1 atom stereocenters. The normalized spacial score (nSPS) is 14.2. The fourth-order valence-electron chi connectivity index (χ4n) is 2.57. The van der Waals surface area contributed by atoms with Crippen molar-refractivity contribution in [2.75, 3.05) is 26.7 Å². The Morgan fingerprint density at radius 3 is 2.29 bits per heavy atom. The monoisotopic (exact) mass is 292 g/mol. The maximum atomic E-state index is 6.61. The van der Waals surface area contributed by atoms with Crippen LogP contribution in [0.2, 0.25) is 0 Å². The van der Waals surface area contributed by atoms with E-state index in [1.165, 1.54) is 25.7 Å². The molecule has 0 saturated heterocycles. The minimum atomic E-state index is -0.351. The summed E-state index contributed by atoms with van der Waals surface area (Å²) in [6, 6.07) is 8.13. The molecule has 1 aromatic carbocycles. The van der Waals surface area contributed by atoms with Crippen molar-refractivity contribution in [3.05, 3.63) is 29.8 Å². The second kappa shape index (κ2) is 9.06. The molecule has 0 radical (unpaired) electrons. The molecule has 0 fully saturated rings. The van der Waals surface area contributed by atoms with Crippen molar-refractivity contribution in [1.29, 1.82) is 0 Å². The molecule has 1 aromatic rings. The van der Waals surface area contributed by atoms with Crippen molar-refractivity contribution >= 4 is 0 Å². The number of nitrogens with two attached hydrogens (primary N) is 1. The lowest BCUT2D eigenvalue weighted by molar-refractivity contribution is 0.211. The molecule has 0 aromatic heterocycles. The molecule has 0 amide bonds. The molecule has 3 nitrogen and oxygen atoms in total. The zero-order chi connectivity index (χ0) is 15.7. The Morgan fingerprint density at radius 1 is 1.14 bits per heavy atom. The van der Waals surface area contributed by atoms with E-state index in [2.05, 4.69) is 37.8 Å². The standard InChI is InChI=1S/C18H32N2O/c1-5-7-12-20(13-8-6-2)15-18(3,19)16-10-9-11-17(14-16)21-4/h9-11,14H,5-8,12-13,15,19H2,1-4H3. The fraction of sp³-hybridized carbons (Fsp3) is 0.667. The maximum absolute atomic E-state index is 6.61. The summed E-state index contributed by atoms with van der Waals surface area (Å²) in [6.07, 6.45) is 4.92. The average Bonchev–Trinajstić information content (AvgIpc) is 2.49. The highest BCUT2D eigenvalue weighted by Crippen LogP contribution is 2.23. The molecule has 0 spiro atoms. The Hall–Kier alpha value is -1.06. The first-order chi connectivity index (χ1) is 10.0. The maximum Gasteiger partial charge on any atom is 0.119 e. The summed E-state index contributed by atoms with van der Waals surface area (Å²) in [5, 5.41) is 0. The van der Waals surface area contributed by atoms with E-state index < -0.39 is 0 Å². The summed E-state index contributed by atoms with van der Waals surface area (Å²) in [5.41, 5.74) is 7.40. The van der Waals surface area contributed by atoms with Gasteiger partial charge in [0.1, 0.15) is 5.75 Å². The van der Waals surface area contributed by atoms with Gasteiger partial charge >= 0.3 is 0 Å². The quantitative estimate of drug-likeness (QED) is 0.713. The Morgan fingerprint density at radius 2 is 1.76 bits per heavy atom. The van der Waals surface area contributed by atoms with Crippen LogP contribution < -0.4 is 10.5 Å². The van der Waals surface area contributed by atoms with E-state index in [-0.39, 0.29) is 5.54 Å². The van der Waals surface area contributed by atoms with Gasteiger partial charge in [0.15, 0.2) is 0 Å². The van der Waals surface area contributed by atoms with Gasteiger partial charge in [0.25, 0.3) is 0 Å². The molecule has 0 aliphatic heterocycles. The van der Waals surface area contributed by atoms with E-state index in [0.29, 0.717) is 0 Å². The van der Waals surface area contributed by atoms with Crippen LogP contribution in [0.3, 0.4) is 0 Å². The molecular formula is C18H32N2O. The molecule has 1 rings (SSSR count). The zero-order valence-corrected chi connectivity index (χ0v) is 14.2. The summed E-state index contributed by atoms with van der Waals surface area (Å²) in [7, 11) is 1.70. The van der Waals surface area contributed by atoms with E-state index in [9.17, 15) is 0 Å². The summed E-state index contributed by atoms with van der Waals surface area (Å²) in [4.78, 5) is 2.51. The third-order valence-electron chi connectivity index (χ3n) is 3.94. The van der Waals surface area contributed by atoms with E-state index in [1.807, 2.05) is 12.1 Å². The third-order valence-corrected chi connectivity index (χ3v) is 3.94. The zero-order valence-electron chi connectivity index (χ0n) is 14.2. The van der Waals surface area contributed by atoms with Crippen LogP contribution in [0.5, 0.6) is 5.75 Å². The number of benzene rings is 1. The first-order valence-electron chi connectivity index (χ1n) is 8.19. The summed E-state index contributed by atoms with van der Waals surface area (Å²) < 4.78 is 5.32. The lowest BCUT2D eigenvalue weighted by Gasteiger charge is -2.33. The Bertz CT molecular complexity index is 396. The summed E-state index contributed by atoms with van der Waals surface area (Å²) in [5.74, 6) is 0.873. The van der Waals surface area contributed by atoms with Crippen molar-refractivity contribution in [2.24, 2.45) is 5.73 Å². The number of rotatable bonds is 10. The van der Waals surface area contributed by atoms with Crippen LogP contribution in [0, 0.1) is 0 Å². The second-order valence-corrected chi connectivity index (χ2v) is 6.13. The van der Waals surface area contributed by atoms with Crippen LogP contribution in [0.4, 0.5) is 0 Å². The molecule has 120 valence electrons. The minimum absolute atomic E-state index is 0.351. The van der Waals surface area contributed by atoms with Gasteiger partial charge in [-0.25, -0.2) is 0 Å². The Kier molecular flexibility index (Phi) is 7.76. The molecule has 0 aliphatic carbocycles. The van der Waals surface area contributed by atoms with Crippen LogP contribution in [-0.4, -0.2) is 31.6 Å². The number of hydrogen-bond acceptors (Lipinski definition) is 3. The van der Waals surface area contributed by atoms with Gasteiger partial charge in [0.05, 0.1) is 12.6 Å². The molecule has 21 heavy (non-hydrogen) atoms. The first-order valence-corrected chi connectivity index (χ1v) is 8.19. The number of unbranched alkanes of at least 4 members (excludes halogenated alkanes) is 2. The lowest BCUT2D eigenvalue weighted by Crippen LogP contribution is -2.46. The van der Waals surface area contributed by atoms with Gasteiger partial charge in [0.2, 0.25) is 0 Å². The summed E-state index contributed by atoms with van der Waals surface area (Å²) in [6.45, 7) is 9.75. The van der Waals surface area contributed by atoms with Gasteiger partial charge in [0, 0.05) is 6.54 Å². The highest BCUT2D eigenvalue weighted by molar-refractivity contribution is 5.33. The van der Waals surface area contributed by atoms with Crippen LogP contribution >= 0.6 is 0 Å². The number of nitrogens with zero attached hydrogens (tertiary/aromatic N) is 1. The van der Waals surface area contributed by atoms with Crippen LogP contribution in [-0.2, 0) is 5.54 Å². The SMILES string of the molecule is CCCCN(CCCC)CC(C)(N)c1cccc(OC)c1. The van der Waals surface area contributed by atoms with Crippen molar-refractivity contribution in [2.45, 2.75) is 52.0 Å².